The van der Waals surface area contributed by atoms with Gasteiger partial charge in [-0.1, -0.05) is 40.7 Å². The molecule has 70 valence electrons. The van der Waals surface area contributed by atoms with Gasteiger partial charge in [0.15, 0.2) is 0 Å². The summed E-state index contributed by atoms with van der Waals surface area (Å²) >= 11 is 3.38. The van der Waals surface area contributed by atoms with Crippen LogP contribution in [-0.2, 0) is 0 Å². The molecule has 0 aliphatic rings. The van der Waals surface area contributed by atoms with E-state index in [0.717, 1.165) is 22.2 Å². The van der Waals surface area contributed by atoms with Gasteiger partial charge in [0.25, 0.3) is 0 Å². The smallest absolute Gasteiger partial charge is 0.126 e. The fourth-order valence-corrected chi connectivity index (χ4v) is 1.41. The van der Waals surface area contributed by atoms with Crippen molar-refractivity contribution in [1.29, 1.82) is 0 Å². The van der Waals surface area contributed by atoms with Crippen LogP contribution >= 0.6 is 15.9 Å². The highest BCUT2D eigenvalue weighted by Gasteiger charge is 2.04. The molecule has 1 aromatic carbocycles. The van der Waals surface area contributed by atoms with E-state index in [1.54, 1.807) is 0 Å². The predicted molar refractivity (Wildman–Crippen MR) is 60.4 cm³/mol. The Bertz CT molecular complexity index is 294. The topological polar surface area (TPSA) is 9.23 Å². The highest BCUT2D eigenvalue weighted by molar-refractivity contribution is 9.09. The molecule has 1 aromatic rings. The van der Waals surface area contributed by atoms with Gasteiger partial charge in [-0.15, -0.1) is 0 Å². The van der Waals surface area contributed by atoms with E-state index in [0.29, 0.717) is 6.61 Å². The summed E-state index contributed by atoms with van der Waals surface area (Å²) in [5, 5.41) is 0.775. The average molecular weight is 241 g/mol. The van der Waals surface area contributed by atoms with Gasteiger partial charge in [-0.25, -0.2) is 0 Å². The molecular formula is C11H13BrO. The zero-order valence-corrected chi connectivity index (χ0v) is 9.30. The van der Waals surface area contributed by atoms with Gasteiger partial charge >= 0.3 is 0 Å². The molecule has 0 bridgehead atoms. The van der Waals surface area contributed by atoms with Gasteiger partial charge in [0.1, 0.15) is 5.75 Å². The maximum Gasteiger partial charge on any atom is 0.126 e. The SMILES string of the molecule is C=C(CBr)c1ccccc1OCC. The van der Waals surface area contributed by atoms with Crippen LogP contribution in [-0.4, -0.2) is 11.9 Å². The highest BCUT2D eigenvalue weighted by atomic mass is 79.9. The van der Waals surface area contributed by atoms with Crippen LogP contribution in [0.4, 0.5) is 0 Å². The fraction of sp³-hybridized carbons (Fsp3) is 0.273. The van der Waals surface area contributed by atoms with Crippen LogP contribution in [0.15, 0.2) is 30.8 Å². The lowest BCUT2D eigenvalue weighted by molar-refractivity contribution is 0.339. The van der Waals surface area contributed by atoms with Gasteiger partial charge in [0, 0.05) is 10.9 Å². The summed E-state index contributed by atoms with van der Waals surface area (Å²) in [5.41, 5.74) is 2.13. The predicted octanol–water partition coefficient (Wildman–Crippen LogP) is 3.49. The molecule has 0 aromatic heterocycles. The van der Waals surface area contributed by atoms with E-state index in [1.807, 2.05) is 31.2 Å². The molecule has 0 radical (unpaired) electrons. The molecule has 2 heteroatoms. The Kier molecular flexibility index (Phi) is 4.03. The van der Waals surface area contributed by atoms with Crippen molar-refractivity contribution in [3.05, 3.63) is 36.4 Å². The lowest BCUT2D eigenvalue weighted by atomic mass is 10.1. The Morgan fingerprint density at radius 3 is 2.77 bits per heavy atom. The van der Waals surface area contributed by atoms with E-state index in [4.69, 9.17) is 4.74 Å². The summed E-state index contributed by atoms with van der Waals surface area (Å²) in [6.45, 7) is 6.63. The number of halogens is 1. The number of allylic oxidation sites excluding steroid dienone is 1. The van der Waals surface area contributed by atoms with Crippen molar-refractivity contribution >= 4 is 21.5 Å². The minimum Gasteiger partial charge on any atom is -0.493 e. The summed E-state index contributed by atoms with van der Waals surface area (Å²) in [6.07, 6.45) is 0. The normalized spacial score (nSPS) is 9.69. The molecule has 0 saturated carbocycles. The average Bonchev–Trinajstić information content (AvgIpc) is 2.18. The molecule has 1 nitrogen and oxygen atoms in total. The number of hydrogen-bond donors (Lipinski definition) is 0. The first-order chi connectivity index (χ1) is 6.29. The van der Waals surface area contributed by atoms with Crippen molar-refractivity contribution in [3.8, 4) is 5.75 Å². The minimum absolute atomic E-state index is 0.687. The quantitative estimate of drug-likeness (QED) is 0.733. The van der Waals surface area contributed by atoms with Crippen LogP contribution in [0.5, 0.6) is 5.75 Å². The van der Waals surface area contributed by atoms with Gasteiger partial charge in [-0.05, 0) is 18.6 Å². The lowest BCUT2D eigenvalue weighted by Gasteiger charge is -2.09. The van der Waals surface area contributed by atoms with E-state index in [2.05, 4.69) is 22.5 Å². The molecule has 1 rings (SSSR count). The number of alkyl halides is 1. The number of benzene rings is 1. The maximum atomic E-state index is 5.48. The second kappa shape index (κ2) is 5.07. The number of ether oxygens (including phenoxy) is 1. The Morgan fingerprint density at radius 1 is 1.46 bits per heavy atom. The van der Waals surface area contributed by atoms with E-state index < -0.39 is 0 Å². The molecule has 0 aliphatic carbocycles. The molecule has 13 heavy (non-hydrogen) atoms. The fourth-order valence-electron chi connectivity index (χ4n) is 1.11. The molecule has 0 heterocycles. The zero-order valence-electron chi connectivity index (χ0n) is 7.72. The van der Waals surface area contributed by atoms with Crippen molar-refractivity contribution in [2.24, 2.45) is 0 Å². The van der Waals surface area contributed by atoms with Crippen LogP contribution in [0.3, 0.4) is 0 Å². The molecule has 0 amide bonds. The summed E-state index contributed by atoms with van der Waals surface area (Å²) < 4.78 is 5.48. The Balaban J connectivity index is 2.97. The molecule has 0 unspecified atom stereocenters. The first-order valence-corrected chi connectivity index (χ1v) is 5.37. The summed E-state index contributed by atoms with van der Waals surface area (Å²) in [4.78, 5) is 0. The molecule has 0 aliphatic heterocycles. The Hall–Kier alpha value is -0.760. The standard InChI is InChI=1S/C11H13BrO/c1-3-13-11-7-5-4-6-10(11)9(2)8-12/h4-7H,2-3,8H2,1H3. The summed E-state index contributed by atoms with van der Waals surface area (Å²) in [5.74, 6) is 0.912. The number of hydrogen-bond acceptors (Lipinski definition) is 1. The monoisotopic (exact) mass is 240 g/mol. The van der Waals surface area contributed by atoms with Crippen LogP contribution in [0.25, 0.3) is 5.57 Å². The van der Waals surface area contributed by atoms with Crippen molar-refractivity contribution < 1.29 is 4.74 Å². The largest absolute Gasteiger partial charge is 0.493 e. The first kappa shape index (κ1) is 10.3. The van der Waals surface area contributed by atoms with Crippen molar-refractivity contribution in [2.75, 3.05) is 11.9 Å². The number of para-hydroxylation sites is 1. The van der Waals surface area contributed by atoms with E-state index in [-0.39, 0.29) is 0 Å². The van der Waals surface area contributed by atoms with Crippen LogP contribution in [0, 0.1) is 0 Å². The van der Waals surface area contributed by atoms with Gasteiger partial charge in [0.2, 0.25) is 0 Å². The molecule has 0 atom stereocenters. The second-order valence-electron chi connectivity index (χ2n) is 2.67. The van der Waals surface area contributed by atoms with E-state index in [9.17, 15) is 0 Å². The number of rotatable bonds is 4. The third-order valence-corrected chi connectivity index (χ3v) is 2.41. The second-order valence-corrected chi connectivity index (χ2v) is 3.23. The molecule has 0 spiro atoms. The zero-order chi connectivity index (χ0) is 9.68. The third-order valence-electron chi connectivity index (χ3n) is 1.73. The first-order valence-electron chi connectivity index (χ1n) is 4.25. The Morgan fingerprint density at radius 2 is 2.15 bits per heavy atom. The van der Waals surface area contributed by atoms with Crippen LogP contribution in [0.1, 0.15) is 12.5 Å². The van der Waals surface area contributed by atoms with Gasteiger partial charge in [-0.2, -0.15) is 0 Å². The van der Waals surface area contributed by atoms with E-state index >= 15 is 0 Å². The summed E-state index contributed by atoms with van der Waals surface area (Å²) in [6, 6.07) is 7.95. The van der Waals surface area contributed by atoms with Gasteiger partial charge in [0.05, 0.1) is 6.61 Å². The Labute approximate surface area is 87.5 Å². The molecule has 0 N–H and O–H groups in total. The maximum absolute atomic E-state index is 5.48. The van der Waals surface area contributed by atoms with Gasteiger partial charge in [-0.3, -0.25) is 0 Å². The minimum atomic E-state index is 0.687. The van der Waals surface area contributed by atoms with Crippen LogP contribution < -0.4 is 4.74 Å². The highest BCUT2D eigenvalue weighted by Crippen LogP contribution is 2.25. The van der Waals surface area contributed by atoms with Crippen LogP contribution in [0.2, 0.25) is 0 Å². The summed E-state index contributed by atoms with van der Waals surface area (Å²) in [7, 11) is 0. The van der Waals surface area contributed by atoms with Crippen molar-refractivity contribution in [1.82, 2.24) is 0 Å². The van der Waals surface area contributed by atoms with Gasteiger partial charge < -0.3 is 4.74 Å². The molecule has 0 fully saturated rings. The van der Waals surface area contributed by atoms with Crippen molar-refractivity contribution in [2.45, 2.75) is 6.92 Å². The van der Waals surface area contributed by atoms with Crippen molar-refractivity contribution in [3.63, 3.8) is 0 Å². The third kappa shape index (κ3) is 2.59. The molecule has 0 saturated heterocycles. The lowest BCUT2D eigenvalue weighted by Crippen LogP contribution is -1.95. The molecular weight excluding hydrogens is 228 g/mol. The van der Waals surface area contributed by atoms with E-state index in [1.165, 1.54) is 0 Å².